The number of nitrogens with zero attached hydrogens (tertiary/aromatic N) is 4. The average Bonchev–Trinajstić information content (AvgIpc) is 3.42. The predicted octanol–water partition coefficient (Wildman–Crippen LogP) is 7.28. The molecule has 2 N–H and O–H groups in total. The van der Waals surface area contributed by atoms with Crippen LogP contribution >= 0.6 is 15.9 Å². The van der Waals surface area contributed by atoms with Gasteiger partial charge < -0.3 is 19.9 Å². The van der Waals surface area contributed by atoms with Gasteiger partial charge in [-0.05, 0) is 65.5 Å². The molecule has 0 bridgehead atoms. The summed E-state index contributed by atoms with van der Waals surface area (Å²) < 4.78 is 13.2. The van der Waals surface area contributed by atoms with E-state index in [0.717, 1.165) is 21.2 Å². The van der Waals surface area contributed by atoms with E-state index in [4.69, 9.17) is 19.6 Å². The highest BCUT2D eigenvalue weighted by atomic mass is 79.9. The van der Waals surface area contributed by atoms with Crippen molar-refractivity contribution in [2.75, 3.05) is 13.2 Å². The van der Waals surface area contributed by atoms with Gasteiger partial charge in [0.05, 0.1) is 6.61 Å². The molecule has 0 saturated carbocycles. The van der Waals surface area contributed by atoms with Crippen LogP contribution in [0, 0.1) is 6.92 Å². The van der Waals surface area contributed by atoms with Crippen LogP contribution in [0.1, 0.15) is 40.3 Å². The minimum absolute atomic E-state index is 0.0526. The van der Waals surface area contributed by atoms with E-state index in [1.54, 1.807) is 12.1 Å². The van der Waals surface area contributed by atoms with E-state index in [0.29, 0.717) is 48.0 Å². The third-order valence-corrected chi connectivity index (χ3v) is 7.87. The number of aliphatic hydroxyl groups is 1. The number of benzene rings is 4. The quantitative estimate of drug-likeness (QED) is 0.0720. The zero-order chi connectivity index (χ0) is 30.9. The Balaban J connectivity index is 1.59. The maximum atomic E-state index is 14.5. The second-order valence-electron chi connectivity index (χ2n) is 10.5. The molecule has 0 aliphatic carbocycles. The Kier molecular flexibility index (Phi) is 9.96. The Hall–Kier alpha value is -4.63. The van der Waals surface area contributed by atoms with Crippen molar-refractivity contribution >= 4 is 33.4 Å². The van der Waals surface area contributed by atoms with Crippen LogP contribution in [0.5, 0.6) is 5.75 Å². The van der Waals surface area contributed by atoms with Gasteiger partial charge in [-0.2, -0.15) is 0 Å². The fourth-order valence-electron chi connectivity index (χ4n) is 5.17. The van der Waals surface area contributed by atoms with E-state index < -0.39 is 11.6 Å². The summed E-state index contributed by atoms with van der Waals surface area (Å²) >= 11 is 3.51. The normalized spacial score (nSPS) is 17.2. The van der Waals surface area contributed by atoms with Gasteiger partial charge in [0.25, 0.3) is 5.91 Å². The third kappa shape index (κ3) is 7.11. The van der Waals surface area contributed by atoms with Crippen molar-refractivity contribution in [2.45, 2.75) is 38.0 Å². The number of hydrogen-bond acceptors (Lipinski definition) is 6. The molecule has 10 heteroatoms. The minimum atomic E-state index is -1.44. The van der Waals surface area contributed by atoms with Crippen molar-refractivity contribution < 1.29 is 19.4 Å². The number of halogens is 1. The Bertz CT molecular complexity index is 1690. The molecular formula is C34H32BrN5O4. The molecule has 44 heavy (non-hydrogen) atoms. The lowest BCUT2D eigenvalue weighted by atomic mass is 9.81. The minimum Gasteiger partial charge on any atom is -0.494 e. The van der Waals surface area contributed by atoms with Crippen LogP contribution in [0.15, 0.2) is 112 Å². The first-order valence-electron chi connectivity index (χ1n) is 14.2. The average molecular weight is 655 g/mol. The highest BCUT2D eigenvalue weighted by Gasteiger charge is 2.53. The van der Waals surface area contributed by atoms with Crippen LogP contribution < -0.4 is 10.1 Å². The molecule has 0 unspecified atom stereocenters. The predicted molar refractivity (Wildman–Crippen MR) is 173 cm³/mol. The van der Waals surface area contributed by atoms with Gasteiger partial charge in [-0.15, -0.1) is 0 Å². The van der Waals surface area contributed by atoms with E-state index in [2.05, 4.69) is 31.3 Å². The number of ether oxygens (including phenoxy) is 2. The molecular weight excluding hydrogens is 622 g/mol. The zero-order valence-electron chi connectivity index (χ0n) is 24.2. The monoisotopic (exact) mass is 653 g/mol. The summed E-state index contributed by atoms with van der Waals surface area (Å²) in [5.41, 5.74) is 12.4. The number of azide groups is 1. The second-order valence-corrected chi connectivity index (χ2v) is 11.4. The maximum absolute atomic E-state index is 14.5. The lowest BCUT2D eigenvalue weighted by Gasteiger charge is -2.31. The molecule has 4 aromatic carbocycles. The number of nitrogens with one attached hydrogen (secondary N) is 1. The largest absolute Gasteiger partial charge is 0.494 e. The molecule has 0 fully saturated rings. The van der Waals surface area contributed by atoms with E-state index in [1.165, 1.54) is 0 Å². The van der Waals surface area contributed by atoms with Crippen LogP contribution in [0.25, 0.3) is 10.4 Å². The van der Waals surface area contributed by atoms with E-state index >= 15 is 0 Å². The highest BCUT2D eigenvalue weighted by molar-refractivity contribution is 9.10. The molecule has 1 aliphatic heterocycles. The van der Waals surface area contributed by atoms with Crippen molar-refractivity contribution in [2.24, 2.45) is 10.1 Å². The summed E-state index contributed by atoms with van der Waals surface area (Å²) in [7, 11) is 0. The van der Waals surface area contributed by atoms with Gasteiger partial charge in [0, 0.05) is 46.6 Å². The molecule has 1 heterocycles. The van der Waals surface area contributed by atoms with Gasteiger partial charge in [-0.3, -0.25) is 4.79 Å². The summed E-state index contributed by atoms with van der Waals surface area (Å²) in [4.78, 5) is 22.5. The van der Waals surface area contributed by atoms with E-state index in [9.17, 15) is 10.3 Å². The van der Waals surface area contributed by atoms with Gasteiger partial charge >= 0.3 is 0 Å². The fraction of sp³-hybridized carbons (Fsp3) is 0.235. The van der Waals surface area contributed by atoms with E-state index in [1.807, 2.05) is 91.9 Å². The number of amides is 1. The summed E-state index contributed by atoms with van der Waals surface area (Å²) in [6, 6.07) is 30.0. The topological polar surface area (TPSA) is 129 Å². The van der Waals surface area contributed by atoms with Crippen LogP contribution in [0.4, 0.5) is 5.69 Å². The Labute approximate surface area is 264 Å². The van der Waals surface area contributed by atoms with Crippen molar-refractivity contribution in [1.29, 1.82) is 0 Å². The van der Waals surface area contributed by atoms with Gasteiger partial charge in [-0.25, -0.2) is 4.99 Å². The number of aliphatic imine (C=N–C) groups is 1. The molecule has 9 nitrogen and oxygen atoms in total. The van der Waals surface area contributed by atoms with Crippen molar-refractivity contribution in [3.05, 3.63) is 140 Å². The molecule has 0 saturated heterocycles. The molecule has 4 aromatic rings. The number of aliphatic hydroxyl groups excluding tert-OH is 1. The Morgan fingerprint density at radius 3 is 2.59 bits per heavy atom. The molecule has 224 valence electrons. The van der Waals surface area contributed by atoms with E-state index in [-0.39, 0.29) is 18.9 Å². The Morgan fingerprint density at radius 1 is 1.09 bits per heavy atom. The van der Waals surface area contributed by atoms with Crippen LogP contribution in [0.3, 0.4) is 0 Å². The number of rotatable bonds is 12. The first kappa shape index (κ1) is 30.8. The maximum Gasteiger partial charge on any atom is 0.252 e. The lowest BCUT2D eigenvalue weighted by molar-refractivity contribution is -0.129. The van der Waals surface area contributed by atoms with Crippen molar-refractivity contribution in [1.82, 2.24) is 5.32 Å². The van der Waals surface area contributed by atoms with Crippen LogP contribution in [0.2, 0.25) is 0 Å². The van der Waals surface area contributed by atoms with Gasteiger partial charge in [0.2, 0.25) is 5.90 Å². The first-order chi connectivity index (χ1) is 21.4. The number of carbonyl (C=O) groups excluding carboxylic acids is 1. The van der Waals surface area contributed by atoms with Gasteiger partial charge in [0.15, 0.2) is 11.6 Å². The van der Waals surface area contributed by atoms with Crippen molar-refractivity contribution in [3.63, 3.8) is 0 Å². The molecule has 0 aromatic heterocycles. The molecule has 1 aliphatic rings. The number of aryl methyl sites for hydroxylation is 1. The first-order valence-corrected chi connectivity index (χ1v) is 15.0. The molecule has 2 atom stereocenters. The third-order valence-electron chi connectivity index (χ3n) is 7.34. The van der Waals surface area contributed by atoms with Gasteiger partial charge in [0.1, 0.15) is 5.75 Å². The van der Waals surface area contributed by atoms with Gasteiger partial charge in [-0.1, -0.05) is 87.3 Å². The SMILES string of the molecule is Cc1cccc(CNC(=O)[C@]2(Cc3ccccc3N=[N+]=[N-])N=C(c3ccc(OCCCO)cc3)O[C@@H]2c2ccc(Br)cc2)c1. The van der Waals surface area contributed by atoms with Crippen LogP contribution in [-0.2, 0) is 22.5 Å². The van der Waals surface area contributed by atoms with Crippen LogP contribution in [-0.4, -0.2) is 35.7 Å². The zero-order valence-corrected chi connectivity index (χ0v) is 25.8. The smallest absolute Gasteiger partial charge is 0.252 e. The molecule has 0 spiro atoms. The Morgan fingerprint density at radius 2 is 1.86 bits per heavy atom. The molecule has 1 amide bonds. The highest BCUT2D eigenvalue weighted by Crippen LogP contribution is 2.44. The number of hydrogen-bond donors (Lipinski definition) is 2. The standard InChI is InChI=1S/C34H32BrN5O4/c1-23-6-4-7-24(20-23)22-37-33(42)34(21-27-8-2-3-9-30(27)39-40-36)31(25-10-14-28(35)15-11-25)44-32(38-34)26-12-16-29(17-13-26)43-19-5-18-41/h2-4,6-17,20,31,41H,5,18-19,21-22H2,1H3,(H,37,42)/t31-,34-/m1/s1. The summed E-state index contributed by atoms with van der Waals surface area (Å²) in [6.45, 7) is 2.76. The second kappa shape index (κ2) is 14.2. The lowest BCUT2D eigenvalue weighted by Crippen LogP contribution is -2.49. The number of carbonyl (C=O) groups is 1. The fourth-order valence-corrected chi connectivity index (χ4v) is 5.44. The summed E-state index contributed by atoms with van der Waals surface area (Å²) in [5, 5.41) is 16.1. The molecule has 0 radical (unpaired) electrons. The molecule has 5 rings (SSSR count). The summed E-state index contributed by atoms with van der Waals surface area (Å²) in [6.07, 6.45) is -0.138. The summed E-state index contributed by atoms with van der Waals surface area (Å²) in [5.74, 6) is 0.643. The van der Waals surface area contributed by atoms with Crippen molar-refractivity contribution in [3.8, 4) is 5.75 Å².